The van der Waals surface area contributed by atoms with Crippen LogP contribution >= 0.6 is 0 Å². The van der Waals surface area contributed by atoms with Crippen LogP contribution in [0.5, 0.6) is 0 Å². The zero-order valence-electron chi connectivity index (χ0n) is 33.5. The summed E-state index contributed by atoms with van der Waals surface area (Å²) in [5.74, 6) is 0. The lowest BCUT2D eigenvalue weighted by atomic mass is 9.99. The minimum atomic E-state index is -1.47. The molecule has 0 amide bonds. The second-order valence-electron chi connectivity index (χ2n) is 14.0. The molecule has 53 heavy (non-hydrogen) atoms. The first-order valence-electron chi connectivity index (χ1n) is 21.1. The van der Waals surface area contributed by atoms with Crippen LogP contribution in [0.15, 0.2) is 72.9 Å². The number of rotatable bonds is 35. The van der Waals surface area contributed by atoms with E-state index < -0.39 is 37.3 Å². The molecule has 306 valence electrons. The molecule has 1 rings (SSSR count). The molecule has 4 N–H and O–H groups in total. The molecule has 1 aliphatic heterocycles. The van der Waals surface area contributed by atoms with E-state index >= 15 is 0 Å². The number of aliphatic hydroxyl groups is 4. The number of ether oxygens (including phenoxy) is 4. The van der Waals surface area contributed by atoms with Gasteiger partial charge in [-0.2, -0.15) is 0 Å². The number of unbranched alkanes of at least 4 members (excludes halogenated alkanes) is 12. The zero-order valence-corrected chi connectivity index (χ0v) is 33.5. The lowest BCUT2D eigenvalue weighted by Gasteiger charge is -2.39. The average molecular weight is 747 g/mol. The molecule has 1 heterocycles. The largest absolute Gasteiger partial charge is 0.394 e. The van der Waals surface area contributed by atoms with Crippen molar-refractivity contribution in [1.82, 2.24) is 0 Å². The molecule has 0 unspecified atom stereocenters. The highest BCUT2D eigenvalue weighted by Crippen LogP contribution is 2.22. The Hall–Kier alpha value is -1.88. The predicted octanol–water partition coefficient (Wildman–Crippen LogP) is 9.38. The average Bonchev–Trinajstić information content (AvgIpc) is 3.17. The molecular formula is C45H78O8. The Kier molecular flexibility index (Phi) is 34.4. The SMILES string of the molecule is CC/C=C\C/C=C\C/C=C\CCCCCCCCOC[C@H](CO[C@@H]1O[C@H](CO)[C@H](O)[C@H](O)[C@H]1O)OCCCCCCCC/C=C\C/C=C\C/C=C\CC. The van der Waals surface area contributed by atoms with Gasteiger partial charge in [0.15, 0.2) is 6.29 Å². The van der Waals surface area contributed by atoms with Crippen molar-refractivity contribution in [3.8, 4) is 0 Å². The fourth-order valence-electron chi connectivity index (χ4n) is 5.91. The first kappa shape index (κ1) is 49.1. The molecule has 0 radical (unpaired) electrons. The highest BCUT2D eigenvalue weighted by atomic mass is 16.7. The van der Waals surface area contributed by atoms with Crippen molar-refractivity contribution < 1.29 is 39.4 Å². The van der Waals surface area contributed by atoms with E-state index in [1.54, 1.807) is 0 Å². The summed E-state index contributed by atoms with van der Waals surface area (Å²) in [6.45, 7) is 5.50. The number of aliphatic hydroxyl groups excluding tert-OH is 4. The van der Waals surface area contributed by atoms with Gasteiger partial charge < -0.3 is 39.4 Å². The first-order chi connectivity index (χ1) is 26.0. The lowest BCUT2D eigenvalue weighted by molar-refractivity contribution is -0.306. The van der Waals surface area contributed by atoms with E-state index in [2.05, 4.69) is 86.8 Å². The molecule has 0 aromatic heterocycles. The molecule has 0 spiro atoms. The summed E-state index contributed by atoms with van der Waals surface area (Å²) >= 11 is 0. The van der Waals surface area contributed by atoms with Crippen LogP contribution < -0.4 is 0 Å². The Labute approximate surface area is 323 Å². The van der Waals surface area contributed by atoms with E-state index in [1.165, 1.54) is 51.4 Å². The fourth-order valence-corrected chi connectivity index (χ4v) is 5.91. The summed E-state index contributed by atoms with van der Waals surface area (Å²) < 4.78 is 23.4. The third-order valence-corrected chi connectivity index (χ3v) is 9.19. The van der Waals surface area contributed by atoms with E-state index in [0.29, 0.717) is 19.8 Å². The van der Waals surface area contributed by atoms with Gasteiger partial charge in [-0.05, 0) is 77.0 Å². The Bertz CT molecular complexity index is 972. The quantitative estimate of drug-likeness (QED) is 0.0375. The third kappa shape index (κ3) is 28.2. The molecule has 0 bridgehead atoms. The van der Waals surface area contributed by atoms with Crippen LogP contribution in [0.2, 0.25) is 0 Å². The molecule has 0 aromatic carbocycles. The van der Waals surface area contributed by atoms with Gasteiger partial charge in [-0.25, -0.2) is 0 Å². The van der Waals surface area contributed by atoms with Gasteiger partial charge in [0.25, 0.3) is 0 Å². The van der Waals surface area contributed by atoms with Gasteiger partial charge in [0, 0.05) is 13.2 Å². The number of hydrogen-bond acceptors (Lipinski definition) is 8. The maximum atomic E-state index is 10.4. The Morgan fingerprint density at radius 1 is 0.509 bits per heavy atom. The molecule has 6 atom stereocenters. The van der Waals surface area contributed by atoms with Crippen LogP contribution in [0, 0.1) is 0 Å². The van der Waals surface area contributed by atoms with E-state index in [1.807, 2.05) is 0 Å². The molecule has 0 aromatic rings. The standard InChI is InChI=1S/C45H78O8/c1-3-5-7-9-11-13-15-17-19-21-23-25-27-29-31-33-35-50-38-40(39-52-45-44(49)43(48)42(47)41(37-46)53-45)51-36-34-32-30-28-26-24-22-20-18-16-14-12-10-8-6-4-2/h5-8,11-14,17-20,40-49H,3-4,9-10,15-16,21-39H2,1-2H3/b7-5-,8-6-,13-11-,14-12-,19-17-,20-18-/t40-,41-,42+,43+,44-,45-/m1/s1. The minimum Gasteiger partial charge on any atom is -0.394 e. The molecule has 1 saturated heterocycles. The summed E-state index contributed by atoms with van der Waals surface area (Å²) in [6.07, 6.45) is 42.5. The summed E-state index contributed by atoms with van der Waals surface area (Å²) in [5.41, 5.74) is 0. The van der Waals surface area contributed by atoms with Crippen LogP contribution in [-0.4, -0.2) is 90.3 Å². The highest BCUT2D eigenvalue weighted by Gasteiger charge is 2.44. The van der Waals surface area contributed by atoms with Crippen LogP contribution in [0.25, 0.3) is 0 Å². The van der Waals surface area contributed by atoms with Crippen molar-refractivity contribution in [3.63, 3.8) is 0 Å². The highest BCUT2D eigenvalue weighted by molar-refractivity contribution is 4.98. The summed E-state index contributed by atoms with van der Waals surface area (Å²) in [4.78, 5) is 0. The maximum absolute atomic E-state index is 10.4. The van der Waals surface area contributed by atoms with E-state index in [4.69, 9.17) is 18.9 Å². The summed E-state index contributed by atoms with van der Waals surface area (Å²) in [7, 11) is 0. The third-order valence-electron chi connectivity index (χ3n) is 9.19. The van der Waals surface area contributed by atoms with E-state index in [9.17, 15) is 20.4 Å². The Morgan fingerprint density at radius 2 is 0.962 bits per heavy atom. The molecular weight excluding hydrogens is 668 g/mol. The fraction of sp³-hybridized carbons (Fsp3) is 0.733. The molecule has 0 aliphatic carbocycles. The maximum Gasteiger partial charge on any atom is 0.186 e. The molecule has 8 nitrogen and oxygen atoms in total. The second kappa shape index (κ2) is 37.1. The van der Waals surface area contributed by atoms with Crippen molar-refractivity contribution in [1.29, 1.82) is 0 Å². The van der Waals surface area contributed by atoms with Crippen molar-refractivity contribution in [2.24, 2.45) is 0 Å². The van der Waals surface area contributed by atoms with Gasteiger partial charge in [-0.1, -0.05) is 138 Å². The molecule has 8 heteroatoms. The molecule has 1 fully saturated rings. The van der Waals surface area contributed by atoms with Crippen LogP contribution in [-0.2, 0) is 18.9 Å². The smallest absolute Gasteiger partial charge is 0.186 e. The number of allylic oxidation sites excluding steroid dienone is 12. The second-order valence-corrected chi connectivity index (χ2v) is 14.0. The molecule has 0 saturated carbocycles. The normalized spacial score (nSPS) is 22.0. The van der Waals surface area contributed by atoms with Gasteiger partial charge in [0.1, 0.15) is 30.5 Å². The minimum absolute atomic E-state index is 0.100. The zero-order chi connectivity index (χ0) is 38.5. The summed E-state index contributed by atoms with van der Waals surface area (Å²) in [5, 5.41) is 40.1. The van der Waals surface area contributed by atoms with Crippen molar-refractivity contribution in [2.75, 3.05) is 33.0 Å². The summed E-state index contributed by atoms with van der Waals surface area (Å²) in [6, 6.07) is 0. The van der Waals surface area contributed by atoms with Crippen molar-refractivity contribution in [3.05, 3.63) is 72.9 Å². The topological polar surface area (TPSA) is 118 Å². The van der Waals surface area contributed by atoms with Crippen LogP contribution in [0.1, 0.15) is 142 Å². The van der Waals surface area contributed by atoms with Crippen LogP contribution in [0.4, 0.5) is 0 Å². The Balaban J connectivity index is 2.25. The lowest BCUT2D eigenvalue weighted by Crippen LogP contribution is -2.59. The van der Waals surface area contributed by atoms with Crippen LogP contribution in [0.3, 0.4) is 0 Å². The van der Waals surface area contributed by atoms with Crippen molar-refractivity contribution >= 4 is 0 Å². The predicted molar refractivity (Wildman–Crippen MR) is 219 cm³/mol. The van der Waals surface area contributed by atoms with Crippen molar-refractivity contribution in [2.45, 2.75) is 179 Å². The molecule has 1 aliphatic rings. The van der Waals surface area contributed by atoms with E-state index in [-0.39, 0.29) is 12.7 Å². The van der Waals surface area contributed by atoms with E-state index in [0.717, 1.165) is 77.0 Å². The van der Waals surface area contributed by atoms with Gasteiger partial charge in [0.2, 0.25) is 0 Å². The first-order valence-corrected chi connectivity index (χ1v) is 21.1. The van der Waals surface area contributed by atoms with Gasteiger partial charge in [0.05, 0.1) is 19.8 Å². The number of hydrogen-bond donors (Lipinski definition) is 4. The van der Waals surface area contributed by atoms with Gasteiger partial charge in [-0.3, -0.25) is 0 Å². The monoisotopic (exact) mass is 747 g/mol. The van der Waals surface area contributed by atoms with Gasteiger partial charge >= 0.3 is 0 Å². The Morgan fingerprint density at radius 3 is 1.47 bits per heavy atom. The van der Waals surface area contributed by atoms with Gasteiger partial charge in [-0.15, -0.1) is 0 Å².